The van der Waals surface area contributed by atoms with Crippen molar-refractivity contribution in [1.82, 2.24) is 0 Å². The maximum Gasteiger partial charge on any atom is 0.143 e. The average molecular weight is 721 g/mol. The highest BCUT2D eigenvalue weighted by Crippen LogP contribution is 2.55. The summed E-state index contributed by atoms with van der Waals surface area (Å²) in [5.74, 6) is 0.416. The summed E-state index contributed by atoms with van der Waals surface area (Å²) in [5, 5.41) is 47.4. The second-order valence-corrected chi connectivity index (χ2v) is 21.0. The Morgan fingerprint density at radius 2 is 0.417 bits per heavy atom. The van der Waals surface area contributed by atoms with Gasteiger partial charge < -0.3 is 20.4 Å². The van der Waals surface area contributed by atoms with Gasteiger partial charge in [0.15, 0.2) is 0 Å². The van der Waals surface area contributed by atoms with Gasteiger partial charge in [0, 0.05) is 0 Å². The molecule has 0 atom stereocenters. The van der Waals surface area contributed by atoms with Crippen molar-refractivity contribution in [2.24, 2.45) is 0 Å². The van der Waals surface area contributed by atoms with Crippen LogP contribution in [0.2, 0.25) is 0 Å². The summed E-state index contributed by atoms with van der Waals surface area (Å²) in [4.78, 5) is 4.96. The van der Waals surface area contributed by atoms with Gasteiger partial charge in [-0.15, -0.1) is 0 Å². The quantitative estimate of drug-likeness (QED) is 0.126. The molecule has 0 saturated carbocycles. The van der Waals surface area contributed by atoms with Gasteiger partial charge in [0.05, 0.1) is 39.2 Å². The Morgan fingerprint density at radius 3 is 0.521 bits per heavy atom. The van der Waals surface area contributed by atoms with Crippen LogP contribution in [0.1, 0.15) is 105 Å². The van der Waals surface area contributed by atoms with Gasteiger partial charge in [0.25, 0.3) is 0 Å². The molecule has 1 aliphatic heterocycles. The summed E-state index contributed by atoms with van der Waals surface area (Å²) >= 11 is 5.33. The fraction of sp³-hybridized carbons (Fsp3) is 0.400. The SMILES string of the molecule is CC(C)(C)c1cc2c(O)c(c1)Sc1cc(C(C)(C)C)cc(c1O)Sc1cc(C(C)(C)C)cc(c1O)Sc1cc(C(C)(C)C)cc(c1O)S2. The second kappa shape index (κ2) is 12.7. The Balaban J connectivity index is 1.89. The third kappa shape index (κ3) is 7.62. The Bertz CT molecular complexity index is 1530. The minimum atomic E-state index is -0.225. The zero-order valence-corrected chi connectivity index (χ0v) is 33.3. The van der Waals surface area contributed by atoms with E-state index in [2.05, 4.69) is 83.1 Å². The highest BCUT2D eigenvalue weighted by Gasteiger charge is 2.28. The first kappa shape index (κ1) is 36.8. The molecular weight excluding hydrogens is 673 g/mol. The fourth-order valence-corrected chi connectivity index (χ4v) is 9.50. The number of fused-ring (bicyclic) bond motifs is 8. The van der Waals surface area contributed by atoms with Crippen molar-refractivity contribution in [3.63, 3.8) is 0 Å². The van der Waals surface area contributed by atoms with E-state index in [0.29, 0.717) is 39.2 Å². The van der Waals surface area contributed by atoms with Crippen molar-refractivity contribution in [2.75, 3.05) is 0 Å². The van der Waals surface area contributed by atoms with Crippen LogP contribution in [-0.4, -0.2) is 20.4 Å². The molecule has 1 aliphatic rings. The topological polar surface area (TPSA) is 80.9 Å². The first-order valence-corrected chi connectivity index (χ1v) is 19.4. The van der Waals surface area contributed by atoms with Crippen LogP contribution in [0.3, 0.4) is 0 Å². The zero-order chi connectivity index (χ0) is 35.7. The van der Waals surface area contributed by atoms with Gasteiger partial charge >= 0.3 is 0 Å². The van der Waals surface area contributed by atoms with Crippen molar-refractivity contribution >= 4 is 47.0 Å². The minimum Gasteiger partial charge on any atom is -0.506 e. The van der Waals surface area contributed by atoms with Gasteiger partial charge in [-0.1, -0.05) is 130 Å². The molecule has 5 rings (SSSR count). The van der Waals surface area contributed by atoms with Gasteiger partial charge in [-0.05, 0) is 92.4 Å². The second-order valence-electron chi connectivity index (χ2n) is 16.7. The van der Waals surface area contributed by atoms with E-state index >= 15 is 0 Å². The molecule has 0 amide bonds. The molecule has 4 nitrogen and oxygen atoms in total. The Hall–Kier alpha value is -2.52. The molecule has 0 saturated heterocycles. The Labute approximate surface area is 303 Å². The standard InChI is InChI=1S/C40H48O4S4/c1-37(2,3)21-13-25-33(41)26(14-21)46-28-16-23(39(7,8)9)18-30(35(28)43)48-32-20-24(40(10,11)12)19-31(36(32)44)47-29-17-22(38(4,5)6)15-27(45-25)34(29)42/h13-20,41-44H,1-12H3. The maximum absolute atomic E-state index is 11.9. The number of phenols is 4. The molecule has 48 heavy (non-hydrogen) atoms. The molecule has 0 unspecified atom stereocenters. The molecule has 0 radical (unpaired) electrons. The van der Waals surface area contributed by atoms with Crippen LogP contribution < -0.4 is 0 Å². The van der Waals surface area contributed by atoms with E-state index in [-0.39, 0.29) is 44.7 Å². The van der Waals surface area contributed by atoms with Crippen LogP contribution >= 0.6 is 47.0 Å². The predicted molar refractivity (Wildman–Crippen MR) is 204 cm³/mol. The van der Waals surface area contributed by atoms with Crippen LogP contribution in [0.15, 0.2) is 87.7 Å². The highest BCUT2D eigenvalue weighted by molar-refractivity contribution is 8.01. The molecule has 0 aromatic heterocycles. The maximum atomic E-state index is 11.9. The molecule has 4 N–H and O–H groups in total. The first-order chi connectivity index (χ1) is 21.9. The molecule has 256 valence electrons. The summed E-state index contributed by atoms with van der Waals surface area (Å²) < 4.78 is 0. The third-order valence-corrected chi connectivity index (χ3v) is 12.8. The molecule has 4 aromatic rings. The normalized spacial score (nSPS) is 14.2. The summed E-state index contributed by atoms with van der Waals surface area (Å²) in [5.41, 5.74) is 3.22. The summed E-state index contributed by atoms with van der Waals surface area (Å²) in [6.45, 7) is 25.7. The van der Waals surface area contributed by atoms with Crippen LogP contribution in [-0.2, 0) is 21.7 Å². The van der Waals surface area contributed by atoms with E-state index in [4.69, 9.17) is 0 Å². The first-order valence-electron chi connectivity index (χ1n) is 16.1. The van der Waals surface area contributed by atoms with Crippen LogP contribution in [0.4, 0.5) is 0 Å². The average Bonchev–Trinajstić information content (AvgIpc) is 2.93. The van der Waals surface area contributed by atoms with Gasteiger partial charge in [-0.3, -0.25) is 0 Å². The van der Waals surface area contributed by atoms with Crippen molar-refractivity contribution in [3.05, 3.63) is 70.8 Å². The Kier molecular flexibility index (Phi) is 9.70. The third-order valence-electron chi connectivity index (χ3n) is 8.50. The molecule has 0 fully saturated rings. The number of rotatable bonds is 0. The lowest BCUT2D eigenvalue weighted by Gasteiger charge is -2.26. The fourth-order valence-electron chi connectivity index (χ4n) is 5.16. The van der Waals surface area contributed by atoms with E-state index in [9.17, 15) is 20.4 Å². The van der Waals surface area contributed by atoms with Crippen LogP contribution in [0.5, 0.6) is 23.0 Å². The van der Waals surface area contributed by atoms with E-state index in [1.54, 1.807) is 0 Å². The van der Waals surface area contributed by atoms with Crippen LogP contribution in [0, 0.1) is 0 Å². The summed E-state index contributed by atoms with van der Waals surface area (Å²) in [6, 6.07) is 16.0. The number of hydrogen-bond donors (Lipinski definition) is 4. The van der Waals surface area contributed by atoms with Gasteiger partial charge in [-0.25, -0.2) is 0 Å². The Morgan fingerprint density at radius 1 is 0.292 bits per heavy atom. The smallest absolute Gasteiger partial charge is 0.143 e. The molecule has 0 aliphatic carbocycles. The van der Waals surface area contributed by atoms with Crippen molar-refractivity contribution in [2.45, 2.75) is 144 Å². The minimum absolute atomic E-state index is 0.104. The van der Waals surface area contributed by atoms with Crippen molar-refractivity contribution in [3.8, 4) is 23.0 Å². The molecular formula is C40H48O4S4. The molecule has 1 heterocycles. The van der Waals surface area contributed by atoms with E-state index in [0.717, 1.165) is 22.3 Å². The number of benzene rings is 4. The van der Waals surface area contributed by atoms with Gasteiger partial charge in [-0.2, -0.15) is 0 Å². The number of aromatic hydroxyl groups is 4. The predicted octanol–water partition coefficient (Wildman–Crippen LogP) is 12.6. The molecule has 8 heteroatoms. The van der Waals surface area contributed by atoms with E-state index < -0.39 is 0 Å². The molecule has 0 spiro atoms. The highest BCUT2D eigenvalue weighted by atomic mass is 32.2. The summed E-state index contributed by atoms with van der Waals surface area (Å²) in [7, 11) is 0. The lowest BCUT2D eigenvalue weighted by molar-refractivity contribution is 0.442. The van der Waals surface area contributed by atoms with Crippen LogP contribution in [0.25, 0.3) is 0 Å². The van der Waals surface area contributed by atoms with Gasteiger partial charge in [0.2, 0.25) is 0 Å². The van der Waals surface area contributed by atoms with E-state index in [1.807, 2.05) is 48.5 Å². The summed E-state index contributed by atoms with van der Waals surface area (Å²) in [6.07, 6.45) is 0. The number of phenolic OH excluding ortho intramolecular Hbond substituents is 4. The monoisotopic (exact) mass is 720 g/mol. The lowest BCUT2D eigenvalue weighted by atomic mass is 9.87. The van der Waals surface area contributed by atoms with Crippen molar-refractivity contribution < 1.29 is 20.4 Å². The van der Waals surface area contributed by atoms with Crippen molar-refractivity contribution in [1.29, 1.82) is 0 Å². The zero-order valence-electron chi connectivity index (χ0n) is 30.0. The van der Waals surface area contributed by atoms with E-state index in [1.165, 1.54) is 47.0 Å². The molecule has 4 aromatic carbocycles. The largest absolute Gasteiger partial charge is 0.506 e. The number of hydrogen-bond acceptors (Lipinski definition) is 8. The molecule has 8 bridgehead atoms. The van der Waals surface area contributed by atoms with Gasteiger partial charge in [0.1, 0.15) is 23.0 Å². The lowest BCUT2D eigenvalue weighted by Crippen LogP contribution is -2.12.